The van der Waals surface area contributed by atoms with Crippen molar-refractivity contribution in [3.05, 3.63) is 70.0 Å². The van der Waals surface area contributed by atoms with Gasteiger partial charge in [-0.2, -0.15) is 0 Å². The molecule has 0 bridgehead atoms. The van der Waals surface area contributed by atoms with Crippen molar-refractivity contribution in [2.45, 2.75) is 13.1 Å². The van der Waals surface area contributed by atoms with Crippen molar-refractivity contribution in [2.75, 3.05) is 0 Å². The van der Waals surface area contributed by atoms with Gasteiger partial charge in [0.25, 0.3) is 0 Å². The Labute approximate surface area is 114 Å². The van der Waals surface area contributed by atoms with E-state index in [0.717, 1.165) is 12.1 Å². The Kier molecular flexibility index (Phi) is 4.45. The van der Waals surface area contributed by atoms with Crippen molar-refractivity contribution in [3.8, 4) is 0 Å². The molecule has 0 atom stereocenters. The zero-order valence-electron chi connectivity index (χ0n) is 9.89. The third-order valence-electron chi connectivity index (χ3n) is 2.64. The van der Waals surface area contributed by atoms with Crippen LogP contribution >= 0.6 is 11.6 Å². The second-order valence-electron chi connectivity index (χ2n) is 4.09. The zero-order chi connectivity index (χ0) is 13.8. The molecule has 0 aliphatic heterocycles. The maximum atomic E-state index is 13.5. The molecular weight excluding hydrogens is 275 g/mol. The first kappa shape index (κ1) is 13.9. The Morgan fingerprint density at radius 2 is 1.63 bits per heavy atom. The van der Waals surface area contributed by atoms with Crippen LogP contribution < -0.4 is 5.32 Å². The molecule has 0 saturated carbocycles. The Morgan fingerprint density at radius 3 is 2.32 bits per heavy atom. The third-order valence-corrected chi connectivity index (χ3v) is 2.88. The molecule has 0 unspecified atom stereocenters. The summed E-state index contributed by atoms with van der Waals surface area (Å²) in [4.78, 5) is 0. The molecule has 2 aromatic carbocycles. The first-order valence-electron chi connectivity index (χ1n) is 5.65. The van der Waals surface area contributed by atoms with Crippen LogP contribution in [0.3, 0.4) is 0 Å². The average Bonchev–Trinajstić information content (AvgIpc) is 2.36. The van der Waals surface area contributed by atoms with E-state index in [9.17, 15) is 13.2 Å². The van der Waals surface area contributed by atoms with Crippen molar-refractivity contribution in [2.24, 2.45) is 0 Å². The molecule has 0 fully saturated rings. The van der Waals surface area contributed by atoms with Crippen LogP contribution in [-0.2, 0) is 13.1 Å². The molecule has 0 aromatic heterocycles. The zero-order valence-corrected chi connectivity index (χ0v) is 10.6. The third kappa shape index (κ3) is 3.72. The fourth-order valence-corrected chi connectivity index (χ4v) is 1.81. The summed E-state index contributed by atoms with van der Waals surface area (Å²) < 4.78 is 39.1. The second kappa shape index (κ2) is 6.08. The van der Waals surface area contributed by atoms with Gasteiger partial charge in [0.05, 0.1) is 0 Å². The number of rotatable bonds is 4. The number of halogens is 4. The lowest BCUT2D eigenvalue weighted by Crippen LogP contribution is -2.14. The number of hydrogen-bond donors (Lipinski definition) is 1. The second-order valence-corrected chi connectivity index (χ2v) is 4.52. The Morgan fingerprint density at radius 1 is 0.842 bits per heavy atom. The van der Waals surface area contributed by atoms with E-state index in [-0.39, 0.29) is 6.54 Å². The average molecular weight is 286 g/mol. The molecule has 1 N–H and O–H groups in total. The summed E-state index contributed by atoms with van der Waals surface area (Å²) in [5.41, 5.74) is 1.06. The maximum Gasteiger partial charge on any atom is 0.159 e. The summed E-state index contributed by atoms with van der Waals surface area (Å²) >= 11 is 5.64. The van der Waals surface area contributed by atoms with Gasteiger partial charge >= 0.3 is 0 Å². The van der Waals surface area contributed by atoms with E-state index in [0.29, 0.717) is 22.7 Å². The summed E-state index contributed by atoms with van der Waals surface area (Å²) in [6.07, 6.45) is 0. The minimum atomic E-state index is -0.892. The summed E-state index contributed by atoms with van der Waals surface area (Å²) in [6.45, 7) is 0.598. The lowest BCUT2D eigenvalue weighted by molar-refractivity contribution is 0.505. The monoisotopic (exact) mass is 285 g/mol. The van der Waals surface area contributed by atoms with Crippen LogP contribution in [0.5, 0.6) is 0 Å². The lowest BCUT2D eigenvalue weighted by atomic mass is 10.2. The van der Waals surface area contributed by atoms with Crippen LogP contribution in [-0.4, -0.2) is 0 Å². The normalized spacial score (nSPS) is 10.7. The first-order valence-corrected chi connectivity index (χ1v) is 6.02. The predicted octanol–water partition coefficient (Wildman–Crippen LogP) is 4.05. The largest absolute Gasteiger partial charge is 0.309 e. The fraction of sp³-hybridized carbons (Fsp3) is 0.143. The van der Waals surface area contributed by atoms with Gasteiger partial charge in [-0.1, -0.05) is 23.7 Å². The van der Waals surface area contributed by atoms with E-state index in [1.807, 2.05) is 0 Å². The molecule has 0 radical (unpaired) electrons. The van der Waals surface area contributed by atoms with Gasteiger partial charge in [-0.3, -0.25) is 0 Å². The van der Waals surface area contributed by atoms with Gasteiger partial charge in [-0.05, 0) is 29.8 Å². The van der Waals surface area contributed by atoms with Gasteiger partial charge in [-0.25, -0.2) is 13.2 Å². The van der Waals surface area contributed by atoms with Crippen molar-refractivity contribution in [1.29, 1.82) is 0 Å². The van der Waals surface area contributed by atoms with Crippen molar-refractivity contribution < 1.29 is 13.2 Å². The molecule has 0 aliphatic carbocycles. The Bertz CT molecular complexity index is 587. The van der Waals surface area contributed by atoms with Gasteiger partial charge in [0.2, 0.25) is 0 Å². The standard InChI is InChI=1S/C14H11ClF3N/c15-11-3-2-10(13(17)6-11)8-19-7-9-1-4-12(16)14(18)5-9/h1-6,19H,7-8H2. The van der Waals surface area contributed by atoms with E-state index in [2.05, 4.69) is 5.32 Å². The van der Waals surface area contributed by atoms with Gasteiger partial charge in [0.1, 0.15) is 5.82 Å². The van der Waals surface area contributed by atoms with Crippen LogP contribution in [0.25, 0.3) is 0 Å². The molecule has 0 spiro atoms. The van der Waals surface area contributed by atoms with Crippen LogP contribution in [0.15, 0.2) is 36.4 Å². The van der Waals surface area contributed by atoms with E-state index >= 15 is 0 Å². The molecule has 5 heteroatoms. The van der Waals surface area contributed by atoms with Gasteiger partial charge in [0, 0.05) is 23.7 Å². The molecule has 2 aromatic rings. The maximum absolute atomic E-state index is 13.5. The molecule has 2 rings (SSSR count). The van der Waals surface area contributed by atoms with Gasteiger partial charge in [-0.15, -0.1) is 0 Å². The summed E-state index contributed by atoms with van der Waals surface area (Å²) in [7, 11) is 0. The van der Waals surface area contributed by atoms with E-state index in [1.54, 1.807) is 12.1 Å². The molecule has 19 heavy (non-hydrogen) atoms. The predicted molar refractivity (Wildman–Crippen MR) is 68.3 cm³/mol. The smallest absolute Gasteiger partial charge is 0.159 e. The molecular formula is C14H11ClF3N. The number of benzene rings is 2. The molecule has 1 nitrogen and oxygen atoms in total. The van der Waals surface area contributed by atoms with E-state index in [1.165, 1.54) is 12.1 Å². The molecule has 0 saturated heterocycles. The fourth-order valence-electron chi connectivity index (χ4n) is 1.66. The summed E-state index contributed by atoms with van der Waals surface area (Å²) in [5, 5.41) is 3.29. The minimum Gasteiger partial charge on any atom is -0.309 e. The van der Waals surface area contributed by atoms with Crippen LogP contribution in [0, 0.1) is 17.5 Å². The van der Waals surface area contributed by atoms with Crippen LogP contribution in [0.1, 0.15) is 11.1 Å². The van der Waals surface area contributed by atoms with E-state index in [4.69, 9.17) is 11.6 Å². The molecule has 0 aliphatic rings. The highest BCUT2D eigenvalue weighted by Crippen LogP contribution is 2.14. The number of hydrogen-bond acceptors (Lipinski definition) is 1. The highest BCUT2D eigenvalue weighted by Gasteiger charge is 2.04. The summed E-state index contributed by atoms with van der Waals surface area (Å²) in [5.74, 6) is -2.17. The Hall–Kier alpha value is -1.52. The van der Waals surface area contributed by atoms with Gasteiger partial charge in [0.15, 0.2) is 11.6 Å². The first-order chi connectivity index (χ1) is 9.06. The highest BCUT2D eigenvalue weighted by molar-refractivity contribution is 6.30. The Balaban J connectivity index is 1.94. The van der Waals surface area contributed by atoms with Crippen LogP contribution in [0.2, 0.25) is 5.02 Å². The topological polar surface area (TPSA) is 12.0 Å². The molecule has 100 valence electrons. The highest BCUT2D eigenvalue weighted by atomic mass is 35.5. The van der Waals surface area contributed by atoms with E-state index < -0.39 is 17.5 Å². The molecule has 0 amide bonds. The van der Waals surface area contributed by atoms with Crippen molar-refractivity contribution in [3.63, 3.8) is 0 Å². The van der Waals surface area contributed by atoms with Crippen molar-refractivity contribution >= 4 is 11.6 Å². The lowest BCUT2D eigenvalue weighted by Gasteiger charge is -2.07. The summed E-state index contributed by atoms with van der Waals surface area (Å²) in [6, 6.07) is 8.06. The quantitative estimate of drug-likeness (QED) is 0.894. The number of nitrogens with one attached hydrogen (secondary N) is 1. The van der Waals surface area contributed by atoms with Crippen molar-refractivity contribution in [1.82, 2.24) is 5.32 Å². The minimum absolute atomic E-state index is 0.280. The van der Waals surface area contributed by atoms with Crippen LogP contribution in [0.4, 0.5) is 13.2 Å². The van der Waals surface area contributed by atoms with Gasteiger partial charge < -0.3 is 5.32 Å². The SMILES string of the molecule is Fc1ccc(CNCc2ccc(Cl)cc2F)cc1F. The molecule has 0 heterocycles.